The maximum atomic E-state index is 13.5. The lowest BCUT2D eigenvalue weighted by Crippen LogP contribution is -2.47. The molecule has 1 amide bonds. The normalized spacial score (nSPS) is 13.9. The fraction of sp³-hybridized carbons (Fsp3) is 0.871. The van der Waals surface area contributed by atoms with Gasteiger partial charge >= 0.3 is 13.8 Å². The first-order valence-electron chi connectivity index (χ1n) is 30.8. The van der Waals surface area contributed by atoms with Crippen LogP contribution in [0.2, 0.25) is 0 Å². The summed E-state index contributed by atoms with van der Waals surface area (Å²) in [7, 11) is 1.49. The Labute approximate surface area is 446 Å². The number of hydrogen-bond donors (Lipinski definition) is 2. The summed E-state index contributed by atoms with van der Waals surface area (Å²) >= 11 is 0. The summed E-state index contributed by atoms with van der Waals surface area (Å²) in [5.74, 6) is -0.522. The molecule has 0 bridgehead atoms. The van der Waals surface area contributed by atoms with Crippen molar-refractivity contribution < 1.29 is 37.3 Å². The molecule has 2 N–H and O–H groups in total. The molecule has 0 aliphatic heterocycles. The van der Waals surface area contributed by atoms with Crippen LogP contribution in [0.25, 0.3) is 0 Å². The van der Waals surface area contributed by atoms with E-state index >= 15 is 0 Å². The highest BCUT2D eigenvalue weighted by Crippen LogP contribution is 2.43. The number of esters is 1. The van der Waals surface area contributed by atoms with Crippen molar-refractivity contribution in [1.29, 1.82) is 0 Å². The number of allylic oxidation sites excluding steroid dienone is 5. The minimum absolute atomic E-state index is 0.0374. The van der Waals surface area contributed by atoms with E-state index in [1.807, 2.05) is 33.3 Å². The Morgan fingerprint density at radius 2 is 0.833 bits per heavy atom. The molecule has 0 saturated heterocycles. The van der Waals surface area contributed by atoms with Gasteiger partial charge in [0.1, 0.15) is 19.3 Å². The molecule has 10 heteroatoms. The third-order valence-corrected chi connectivity index (χ3v) is 14.8. The number of nitrogens with zero attached hydrogens (tertiary/aromatic N) is 1. The predicted octanol–water partition coefficient (Wildman–Crippen LogP) is 18.7. The molecule has 0 aromatic carbocycles. The van der Waals surface area contributed by atoms with Crippen molar-refractivity contribution >= 4 is 19.7 Å². The van der Waals surface area contributed by atoms with Gasteiger partial charge in [-0.1, -0.05) is 263 Å². The highest BCUT2D eigenvalue weighted by molar-refractivity contribution is 7.47. The molecule has 3 atom stereocenters. The number of carbonyl (C=O) groups excluding carboxylic acids is 2. The second kappa shape index (κ2) is 52.7. The van der Waals surface area contributed by atoms with Gasteiger partial charge in [0.05, 0.1) is 33.8 Å². The number of carbonyl (C=O) groups is 2. The standard InChI is InChI=1S/C62H119N2O7P/c1-7-10-13-16-19-22-25-28-30-32-34-37-40-43-46-49-52-55-62(66)71-60(53-50-47-44-41-38-35-27-24-21-18-15-12-9-3)59(58-70-72(67,68)69-57-56-64(4,5)6)63-61(65)54-51-48-45-42-39-36-33-31-29-26-23-20-17-14-11-8-2/h31,33,36,39,50,53,59-60H,7-30,32,34-35,37-38,40-49,51-52,54-58H2,1-6H3,(H-,63,65,67,68)/p+1/b33-31+,39-36+,53-50+. The molecule has 0 saturated carbocycles. The van der Waals surface area contributed by atoms with Gasteiger partial charge in [-0.05, 0) is 57.4 Å². The molecule has 0 spiro atoms. The van der Waals surface area contributed by atoms with Gasteiger partial charge in [0.2, 0.25) is 5.91 Å². The van der Waals surface area contributed by atoms with Crippen LogP contribution in [-0.2, 0) is 27.9 Å². The smallest absolute Gasteiger partial charge is 0.456 e. The first kappa shape index (κ1) is 70.2. The van der Waals surface area contributed by atoms with Crippen LogP contribution in [0.5, 0.6) is 0 Å². The van der Waals surface area contributed by atoms with E-state index < -0.39 is 20.0 Å². The summed E-state index contributed by atoms with van der Waals surface area (Å²) < 4.78 is 30.7. The van der Waals surface area contributed by atoms with Crippen molar-refractivity contribution in [2.75, 3.05) is 40.9 Å². The average Bonchev–Trinajstić information content (AvgIpc) is 3.34. The largest absolute Gasteiger partial charge is 0.472 e. The molecule has 0 heterocycles. The van der Waals surface area contributed by atoms with Crippen LogP contribution in [0.15, 0.2) is 36.5 Å². The summed E-state index contributed by atoms with van der Waals surface area (Å²) in [6.45, 7) is 7.02. The Balaban J connectivity index is 5.33. The van der Waals surface area contributed by atoms with Crippen LogP contribution in [0.3, 0.4) is 0 Å². The summed E-state index contributed by atoms with van der Waals surface area (Å²) in [5.41, 5.74) is 0. The fourth-order valence-electron chi connectivity index (χ4n) is 9.05. The summed E-state index contributed by atoms with van der Waals surface area (Å²) in [5, 5.41) is 3.04. The number of likely N-dealkylation sites (N-methyl/N-ethyl adjacent to an activating group) is 1. The zero-order chi connectivity index (χ0) is 52.9. The van der Waals surface area contributed by atoms with E-state index in [1.165, 1.54) is 193 Å². The van der Waals surface area contributed by atoms with Gasteiger partial charge in [-0.15, -0.1) is 0 Å². The number of amides is 1. The first-order chi connectivity index (χ1) is 34.9. The molecule has 0 rings (SSSR count). The number of phosphoric acid groups is 1. The number of ether oxygens (including phenoxy) is 1. The van der Waals surface area contributed by atoms with E-state index in [2.05, 4.69) is 50.4 Å². The highest BCUT2D eigenvalue weighted by Gasteiger charge is 2.30. The van der Waals surface area contributed by atoms with Crippen LogP contribution in [-0.4, -0.2) is 74.3 Å². The summed E-state index contributed by atoms with van der Waals surface area (Å²) in [6, 6.07) is -0.858. The van der Waals surface area contributed by atoms with Gasteiger partial charge in [0.25, 0.3) is 0 Å². The quantitative estimate of drug-likeness (QED) is 0.0156. The Bertz CT molecular complexity index is 1330. The van der Waals surface area contributed by atoms with Crippen molar-refractivity contribution in [2.45, 2.75) is 309 Å². The third-order valence-electron chi connectivity index (χ3n) is 13.9. The van der Waals surface area contributed by atoms with Crippen LogP contribution < -0.4 is 5.32 Å². The molecule has 72 heavy (non-hydrogen) atoms. The molecule has 0 aromatic rings. The monoisotopic (exact) mass is 1040 g/mol. The molecule has 9 nitrogen and oxygen atoms in total. The van der Waals surface area contributed by atoms with Crippen molar-refractivity contribution in [3.8, 4) is 0 Å². The molecule has 0 radical (unpaired) electrons. The Morgan fingerprint density at radius 3 is 1.24 bits per heavy atom. The minimum Gasteiger partial charge on any atom is -0.456 e. The third kappa shape index (κ3) is 53.1. The molecule has 0 aliphatic rings. The maximum absolute atomic E-state index is 13.5. The number of quaternary nitrogens is 1. The minimum atomic E-state index is -4.45. The van der Waals surface area contributed by atoms with Gasteiger partial charge in [0.15, 0.2) is 0 Å². The van der Waals surface area contributed by atoms with Crippen molar-refractivity contribution in [2.24, 2.45) is 0 Å². The van der Waals surface area contributed by atoms with Crippen LogP contribution in [0, 0.1) is 0 Å². The lowest BCUT2D eigenvalue weighted by molar-refractivity contribution is -0.870. The Morgan fingerprint density at radius 1 is 0.486 bits per heavy atom. The number of phosphoric ester groups is 1. The molecule has 424 valence electrons. The SMILES string of the molecule is CCCCCCCCC/C=C/C=C/CCCCCC(=O)NC(COP(=O)(O)OCC[N+](C)(C)C)C(/C=C/CCCCCCCCCCCCC)OC(=O)CCCCCCCCCCCCCCCCCCC. The molecular formula is C62H120N2O7P+. The van der Waals surface area contributed by atoms with Gasteiger partial charge in [-0.25, -0.2) is 4.57 Å². The Kier molecular flexibility index (Phi) is 51.4. The molecule has 0 fully saturated rings. The number of unbranched alkanes of at least 4 members (excludes halogenated alkanes) is 37. The maximum Gasteiger partial charge on any atom is 0.472 e. The summed E-state index contributed by atoms with van der Waals surface area (Å²) in [6.07, 6.45) is 62.8. The highest BCUT2D eigenvalue weighted by atomic mass is 31.2. The zero-order valence-electron chi connectivity index (χ0n) is 48.4. The molecule has 3 unspecified atom stereocenters. The second-order valence-corrected chi connectivity index (χ2v) is 23.7. The number of rotatable bonds is 56. The van der Waals surface area contributed by atoms with E-state index in [0.717, 1.165) is 64.2 Å². The second-order valence-electron chi connectivity index (χ2n) is 22.3. The lowest BCUT2D eigenvalue weighted by atomic mass is 10.0. The summed E-state index contributed by atoms with van der Waals surface area (Å²) in [4.78, 5) is 37.7. The van der Waals surface area contributed by atoms with E-state index in [0.29, 0.717) is 30.3 Å². The van der Waals surface area contributed by atoms with Crippen molar-refractivity contribution in [3.63, 3.8) is 0 Å². The van der Waals surface area contributed by atoms with Gasteiger partial charge in [-0.2, -0.15) is 0 Å². The molecule has 0 aliphatic carbocycles. The van der Waals surface area contributed by atoms with Crippen molar-refractivity contribution in [1.82, 2.24) is 5.32 Å². The molecular weight excluding hydrogens is 916 g/mol. The van der Waals surface area contributed by atoms with E-state index in [-0.39, 0.29) is 25.1 Å². The van der Waals surface area contributed by atoms with E-state index in [4.69, 9.17) is 13.8 Å². The zero-order valence-corrected chi connectivity index (χ0v) is 49.3. The lowest BCUT2D eigenvalue weighted by Gasteiger charge is -2.27. The van der Waals surface area contributed by atoms with Gasteiger partial charge < -0.3 is 19.4 Å². The van der Waals surface area contributed by atoms with Gasteiger partial charge in [-0.3, -0.25) is 18.6 Å². The van der Waals surface area contributed by atoms with Crippen LogP contribution in [0.1, 0.15) is 297 Å². The van der Waals surface area contributed by atoms with Crippen molar-refractivity contribution in [3.05, 3.63) is 36.5 Å². The average molecular weight is 1040 g/mol. The fourth-order valence-corrected chi connectivity index (χ4v) is 9.79. The van der Waals surface area contributed by atoms with E-state index in [9.17, 15) is 19.0 Å². The Hall–Kier alpha value is -1.77. The van der Waals surface area contributed by atoms with Gasteiger partial charge in [0, 0.05) is 12.8 Å². The van der Waals surface area contributed by atoms with Crippen LogP contribution >= 0.6 is 7.82 Å². The van der Waals surface area contributed by atoms with Crippen LogP contribution in [0.4, 0.5) is 0 Å². The van der Waals surface area contributed by atoms with E-state index in [1.54, 1.807) is 0 Å². The predicted molar refractivity (Wildman–Crippen MR) is 309 cm³/mol. The molecule has 0 aromatic heterocycles. The first-order valence-corrected chi connectivity index (χ1v) is 32.3. The number of nitrogens with one attached hydrogen (secondary N) is 1. The topological polar surface area (TPSA) is 111 Å². The number of hydrogen-bond acceptors (Lipinski definition) is 6.